The quantitative estimate of drug-likeness (QED) is 0.276. The third kappa shape index (κ3) is 6.67. The molecule has 37 heavy (non-hydrogen) atoms. The Kier molecular flexibility index (Phi) is 9.33. The normalized spacial score (nSPS) is 17.2. The molecule has 1 aliphatic rings. The highest BCUT2D eigenvalue weighted by Crippen LogP contribution is 2.49. The van der Waals surface area contributed by atoms with Gasteiger partial charge in [-0.2, -0.15) is 31.6 Å². The van der Waals surface area contributed by atoms with Crippen LogP contribution >= 0.6 is 0 Å². The van der Waals surface area contributed by atoms with Crippen molar-refractivity contribution in [2.75, 3.05) is 13.1 Å². The van der Waals surface area contributed by atoms with E-state index in [4.69, 9.17) is 0 Å². The van der Waals surface area contributed by atoms with Gasteiger partial charge < -0.3 is 4.90 Å². The summed E-state index contributed by atoms with van der Waals surface area (Å²) in [6, 6.07) is 14.6. The van der Waals surface area contributed by atoms with E-state index in [1.54, 1.807) is 0 Å². The summed E-state index contributed by atoms with van der Waals surface area (Å²) in [6.45, 7) is 5.70. The predicted octanol–water partition coefficient (Wildman–Crippen LogP) is 8.41. The molecule has 2 nitrogen and oxygen atoms in total. The second kappa shape index (κ2) is 11.9. The molecule has 0 N–H and O–H groups in total. The maximum atomic E-state index is 13.7. The van der Waals surface area contributed by atoms with E-state index in [1.165, 1.54) is 5.56 Å². The highest BCUT2D eigenvalue weighted by molar-refractivity contribution is 5.43. The summed E-state index contributed by atoms with van der Waals surface area (Å²) < 4.78 is 81.2. The Morgan fingerprint density at radius 2 is 1.59 bits per heavy atom. The number of hydrogen-bond acceptors (Lipinski definition) is 2. The van der Waals surface area contributed by atoms with Crippen LogP contribution < -0.4 is 0 Å². The van der Waals surface area contributed by atoms with Crippen LogP contribution in [-0.2, 0) is 24.2 Å². The molecule has 3 rings (SSSR count). The van der Waals surface area contributed by atoms with E-state index >= 15 is 0 Å². The first-order chi connectivity index (χ1) is 17.5. The number of rotatable bonds is 11. The molecule has 0 aliphatic heterocycles. The molecule has 0 radical (unpaired) electrons. The Bertz CT molecular complexity index is 1050. The molecule has 0 spiro atoms. The van der Waals surface area contributed by atoms with Crippen LogP contribution in [0.4, 0.5) is 26.3 Å². The Morgan fingerprint density at radius 3 is 2.08 bits per heavy atom. The number of nitriles is 1. The van der Waals surface area contributed by atoms with Gasteiger partial charge >= 0.3 is 12.4 Å². The van der Waals surface area contributed by atoms with Crippen molar-refractivity contribution in [3.05, 3.63) is 70.8 Å². The zero-order valence-electron chi connectivity index (χ0n) is 21.3. The summed E-state index contributed by atoms with van der Waals surface area (Å²) in [4.78, 5) is 2.32. The molecule has 2 aromatic rings. The molecule has 2 atom stereocenters. The predicted molar refractivity (Wildman–Crippen MR) is 132 cm³/mol. The summed E-state index contributed by atoms with van der Waals surface area (Å²) >= 11 is 0. The lowest BCUT2D eigenvalue weighted by molar-refractivity contribution is -0.162. The third-order valence-corrected chi connectivity index (χ3v) is 7.94. The monoisotopic (exact) mass is 524 g/mol. The van der Waals surface area contributed by atoms with Crippen LogP contribution in [0.3, 0.4) is 0 Å². The SMILES string of the molecule is CCC(CCC(C#N)(c1ccc(C(F)(F)F)c(C(F)(F)F)c1)C1CCC1)N(CC)CCc1ccccc1. The lowest BCUT2D eigenvalue weighted by Gasteiger charge is -2.43. The van der Waals surface area contributed by atoms with E-state index in [1.807, 2.05) is 25.1 Å². The minimum atomic E-state index is -5.18. The molecule has 0 heterocycles. The lowest BCUT2D eigenvalue weighted by atomic mass is 9.60. The molecule has 2 unspecified atom stereocenters. The fraction of sp³-hybridized carbons (Fsp3) is 0.552. The molecule has 0 aromatic heterocycles. The number of hydrogen-bond donors (Lipinski definition) is 0. The Labute approximate surface area is 215 Å². The van der Waals surface area contributed by atoms with Gasteiger partial charge in [0, 0.05) is 12.6 Å². The Balaban J connectivity index is 1.90. The van der Waals surface area contributed by atoms with Gasteiger partial charge in [0.25, 0.3) is 0 Å². The molecule has 0 amide bonds. The summed E-state index contributed by atoms with van der Waals surface area (Å²) in [5.74, 6) is -0.174. The molecule has 202 valence electrons. The van der Waals surface area contributed by atoms with Gasteiger partial charge in [0.1, 0.15) is 0 Å². The highest BCUT2D eigenvalue weighted by atomic mass is 19.4. The summed E-state index contributed by atoms with van der Waals surface area (Å²) in [5.41, 5.74) is -3.44. The van der Waals surface area contributed by atoms with E-state index < -0.39 is 28.9 Å². The first-order valence-corrected chi connectivity index (χ1v) is 12.9. The van der Waals surface area contributed by atoms with Crippen LogP contribution in [0.15, 0.2) is 48.5 Å². The molecule has 0 saturated heterocycles. The van der Waals surface area contributed by atoms with Crippen molar-refractivity contribution in [3.8, 4) is 6.07 Å². The van der Waals surface area contributed by atoms with E-state index in [9.17, 15) is 31.6 Å². The van der Waals surface area contributed by atoms with Gasteiger partial charge in [-0.1, -0.05) is 56.7 Å². The molecular weight excluding hydrogens is 490 g/mol. The van der Waals surface area contributed by atoms with Gasteiger partial charge in [0.2, 0.25) is 0 Å². The smallest absolute Gasteiger partial charge is 0.300 e. The van der Waals surface area contributed by atoms with E-state index in [2.05, 4.69) is 30.0 Å². The fourth-order valence-electron chi connectivity index (χ4n) is 5.56. The second-order valence-electron chi connectivity index (χ2n) is 9.93. The van der Waals surface area contributed by atoms with Crippen molar-refractivity contribution in [3.63, 3.8) is 0 Å². The van der Waals surface area contributed by atoms with Crippen molar-refractivity contribution in [1.29, 1.82) is 5.26 Å². The number of benzene rings is 2. The Morgan fingerprint density at radius 1 is 0.946 bits per heavy atom. The van der Waals surface area contributed by atoms with Crippen molar-refractivity contribution in [2.45, 2.75) is 82.6 Å². The summed E-state index contributed by atoms with van der Waals surface area (Å²) in [6.07, 6.45) is -5.57. The lowest BCUT2D eigenvalue weighted by Crippen LogP contribution is -2.42. The van der Waals surface area contributed by atoms with Crippen LogP contribution in [0.2, 0.25) is 0 Å². The number of nitrogens with zero attached hydrogens (tertiary/aromatic N) is 2. The van der Waals surface area contributed by atoms with Crippen LogP contribution in [0.5, 0.6) is 0 Å². The van der Waals surface area contributed by atoms with E-state index in [-0.39, 0.29) is 17.5 Å². The van der Waals surface area contributed by atoms with Gasteiger partial charge in [0.15, 0.2) is 0 Å². The topological polar surface area (TPSA) is 27.0 Å². The van der Waals surface area contributed by atoms with Crippen LogP contribution in [0.1, 0.15) is 74.6 Å². The van der Waals surface area contributed by atoms with Crippen LogP contribution in [0.25, 0.3) is 0 Å². The summed E-state index contributed by atoms with van der Waals surface area (Å²) in [7, 11) is 0. The van der Waals surface area contributed by atoms with Crippen molar-refractivity contribution < 1.29 is 26.3 Å². The molecule has 8 heteroatoms. The van der Waals surface area contributed by atoms with Crippen molar-refractivity contribution >= 4 is 0 Å². The fourth-order valence-corrected chi connectivity index (χ4v) is 5.56. The van der Waals surface area contributed by atoms with Gasteiger partial charge in [0.05, 0.1) is 22.6 Å². The molecule has 1 fully saturated rings. The number of halogens is 6. The maximum absolute atomic E-state index is 13.7. The Hall–Kier alpha value is -2.53. The highest BCUT2D eigenvalue weighted by Gasteiger charge is 2.48. The molecule has 1 aliphatic carbocycles. The zero-order chi connectivity index (χ0) is 27.3. The van der Waals surface area contributed by atoms with E-state index in [0.717, 1.165) is 38.4 Å². The van der Waals surface area contributed by atoms with Gasteiger partial charge in [-0.25, -0.2) is 0 Å². The van der Waals surface area contributed by atoms with Gasteiger partial charge in [-0.15, -0.1) is 0 Å². The van der Waals surface area contributed by atoms with Gasteiger partial charge in [-0.05, 0) is 74.2 Å². The van der Waals surface area contributed by atoms with Crippen molar-refractivity contribution in [1.82, 2.24) is 4.90 Å². The summed E-state index contributed by atoms with van der Waals surface area (Å²) in [5, 5.41) is 10.4. The number of likely N-dealkylation sites (N-methyl/N-ethyl adjacent to an activating group) is 1. The van der Waals surface area contributed by atoms with Crippen molar-refractivity contribution in [2.24, 2.45) is 5.92 Å². The molecule has 0 bridgehead atoms. The first-order valence-electron chi connectivity index (χ1n) is 12.9. The first kappa shape index (κ1) is 29.0. The van der Waals surface area contributed by atoms with Crippen LogP contribution in [-0.4, -0.2) is 24.0 Å². The minimum Gasteiger partial charge on any atom is -0.300 e. The standard InChI is InChI=1S/C29H34F6N2/c1-3-24(37(4-2)18-16-21-9-6-5-7-10-21)15-17-27(20-36,22-11-8-12-22)23-13-14-25(28(30,31)32)26(19-23)29(33,34)35/h5-7,9-10,13-14,19,22,24H,3-4,8,11-12,15-18H2,1-2H3. The zero-order valence-corrected chi connectivity index (χ0v) is 21.3. The van der Waals surface area contributed by atoms with E-state index in [0.29, 0.717) is 37.8 Å². The average molecular weight is 525 g/mol. The largest absolute Gasteiger partial charge is 0.417 e. The molecular formula is C29H34F6N2. The average Bonchev–Trinajstić information content (AvgIpc) is 2.83. The number of alkyl halides is 6. The van der Waals surface area contributed by atoms with Crippen LogP contribution in [0, 0.1) is 17.2 Å². The second-order valence-corrected chi connectivity index (χ2v) is 9.93. The molecule has 2 aromatic carbocycles. The molecule has 1 saturated carbocycles. The minimum absolute atomic E-state index is 0.0437. The van der Waals surface area contributed by atoms with Gasteiger partial charge in [-0.3, -0.25) is 0 Å². The maximum Gasteiger partial charge on any atom is 0.417 e. The third-order valence-electron chi connectivity index (χ3n) is 7.94.